The summed E-state index contributed by atoms with van der Waals surface area (Å²) in [6.07, 6.45) is -0.0839. The molecule has 1 aromatic carbocycles. The molecule has 0 saturated carbocycles. The van der Waals surface area contributed by atoms with Gasteiger partial charge in [0, 0.05) is 13.5 Å². The molecule has 0 radical (unpaired) electrons. The average Bonchev–Trinajstić information content (AvgIpc) is 2.59. The summed E-state index contributed by atoms with van der Waals surface area (Å²) in [5.41, 5.74) is 0.302. The molecule has 0 aliphatic carbocycles. The fourth-order valence-corrected chi connectivity index (χ4v) is 6.26. The maximum absolute atomic E-state index is 12.7. The predicted octanol–water partition coefficient (Wildman–Crippen LogP) is 3.06. The minimum absolute atomic E-state index is 0.0839. The highest BCUT2D eigenvalue weighted by Crippen LogP contribution is 2.79. The van der Waals surface area contributed by atoms with E-state index in [1.807, 2.05) is 0 Å². The molecule has 6 nitrogen and oxygen atoms in total. The first-order chi connectivity index (χ1) is 9.08. The summed E-state index contributed by atoms with van der Waals surface area (Å²) in [5.74, 6) is 0. The van der Waals surface area contributed by atoms with Crippen LogP contribution >= 0.6 is 15.2 Å². The molecule has 1 aromatic rings. The predicted molar refractivity (Wildman–Crippen MR) is 74.6 cm³/mol. The van der Waals surface area contributed by atoms with E-state index in [1.165, 1.54) is 7.11 Å². The molecule has 1 fully saturated rings. The SMILES string of the molecule is COP1(=O)OC(c2ccccc2)(P(=O)(O)O)CC1(C)C. The first kappa shape index (κ1) is 15.9. The molecule has 112 valence electrons. The summed E-state index contributed by atoms with van der Waals surface area (Å²) < 4.78 is 35.1. The fraction of sp³-hybridized carbons (Fsp3) is 0.500. The van der Waals surface area contributed by atoms with Crippen LogP contribution in [0.3, 0.4) is 0 Å². The Labute approximate surface area is 117 Å². The van der Waals surface area contributed by atoms with Crippen molar-refractivity contribution >= 4 is 15.2 Å². The van der Waals surface area contributed by atoms with Gasteiger partial charge in [-0.05, 0) is 19.4 Å². The van der Waals surface area contributed by atoms with Gasteiger partial charge in [0.15, 0.2) is 0 Å². The van der Waals surface area contributed by atoms with Gasteiger partial charge >= 0.3 is 15.2 Å². The Morgan fingerprint density at radius 1 is 1.30 bits per heavy atom. The van der Waals surface area contributed by atoms with Gasteiger partial charge in [-0.1, -0.05) is 30.3 Å². The molecule has 1 aliphatic rings. The normalized spacial score (nSPS) is 33.2. The van der Waals surface area contributed by atoms with E-state index in [2.05, 4.69) is 0 Å². The highest BCUT2D eigenvalue weighted by molar-refractivity contribution is 7.59. The lowest BCUT2D eigenvalue weighted by Crippen LogP contribution is -2.27. The zero-order valence-corrected chi connectivity index (χ0v) is 13.3. The lowest BCUT2D eigenvalue weighted by atomic mass is 9.98. The zero-order chi connectivity index (χ0) is 15.2. The largest absolute Gasteiger partial charge is 0.362 e. The number of rotatable bonds is 3. The standard InChI is InChI=1S/C12H18O6P2/c1-11(2)9-12(19(13,14)15,18-20(11,16)17-3)10-7-5-4-6-8-10/h4-8H,9H2,1-3H3,(H2,13,14,15). The molecule has 2 rings (SSSR count). The van der Waals surface area contributed by atoms with Crippen molar-refractivity contribution in [3.63, 3.8) is 0 Å². The van der Waals surface area contributed by atoms with Crippen molar-refractivity contribution in [2.75, 3.05) is 7.11 Å². The third-order valence-corrected chi connectivity index (χ3v) is 7.89. The van der Waals surface area contributed by atoms with Crippen LogP contribution < -0.4 is 0 Å². The van der Waals surface area contributed by atoms with Crippen LogP contribution in [0.15, 0.2) is 30.3 Å². The molecule has 0 amide bonds. The summed E-state index contributed by atoms with van der Waals surface area (Å²) in [7, 11) is -7.12. The zero-order valence-electron chi connectivity index (χ0n) is 11.5. The Morgan fingerprint density at radius 3 is 2.25 bits per heavy atom. The van der Waals surface area contributed by atoms with Crippen LogP contribution in [0.2, 0.25) is 0 Å². The van der Waals surface area contributed by atoms with E-state index in [9.17, 15) is 18.9 Å². The molecule has 8 heteroatoms. The van der Waals surface area contributed by atoms with Crippen molar-refractivity contribution in [3.8, 4) is 0 Å². The first-order valence-electron chi connectivity index (χ1n) is 6.06. The van der Waals surface area contributed by atoms with E-state index in [1.54, 1.807) is 44.2 Å². The van der Waals surface area contributed by atoms with Gasteiger partial charge in [0.05, 0.1) is 5.16 Å². The molecule has 20 heavy (non-hydrogen) atoms. The Morgan fingerprint density at radius 2 is 1.85 bits per heavy atom. The molecule has 1 saturated heterocycles. The molecule has 1 heterocycles. The molecule has 2 unspecified atom stereocenters. The molecule has 0 bridgehead atoms. The van der Waals surface area contributed by atoms with Gasteiger partial charge in [0.25, 0.3) is 0 Å². The average molecular weight is 320 g/mol. The molecule has 1 aliphatic heterocycles. The maximum atomic E-state index is 12.7. The molecule has 0 spiro atoms. The minimum Gasteiger partial charge on any atom is -0.322 e. The van der Waals surface area contributed by atoms with Crippen LogP contribution in [-0.4, -0.2) is 22.1 Å². The molecular formula is C12H18O6P2. The smallest absolute Gasteiger partial charge is 0.322 e. The summed E-state index contributed by atoms with van der Waals surface area (Å²) in [6, 6.07) is 8.15. The highest BCUT2D eigenvalue weighted by Gasteiger charge is 2.67. The minimum atomic E-state index is -4.71. The molecule has 2 N–H and O–H groups in total. The summed E-state index contributed by atoms with van der Waals surface area (Å²) in [4.78, 5) is 19.6. The van der Waals surface area contributed by atoms with E-state index in [-0.39, 0.29) is 6.42 Å². The summed E-state index contributed by atoms with van der Waals surface area (Å²) in [5, 5.41) is -2.91. The second-order valence-corrected chi connectivity index (χ2v) is 10.0. The van der Waals surface area contributed by atoms with Crippen molar-refractivity contribution in [2.24, 2.45) is 0 Å². The van der Waals surface area contributed by atoms with Gasteiger partial charge in [0.2, 0.25) is 5.34 Å². The van der Waals surface area contributed by atoms with E-state index >= 15 is 0 Å². The van der Waals surface area contributed by atoms with Crippen LogP contribution in [0.5, 0.6) is 0 Å². The van der Waals surface area contributed by atoms with Gasteiger partial charge in [-0.15, -0.1) is 0 Å². The third kappa shape index (κ3) is 2.21. The molecule has 2 atom stereocenters. The highest BCUT2D eigenvalue weighted by atomic mass is 31.2. The Bertz CT molecular complexity index is 593. The van der Waals surface area contributed by atoms with Crippen LogP contribution in [0.25, 0.3) is 0 Å². The lowest BCUT2D eigenvalue weighted by molar-refractivity contribution is 0.118. The maximum Gasteiger partial charge on any atom is 0.362 e. The third-order valence-electron chi connectivity index (χ3n) is 3.62. The molecule has 0 aromatic heterocycles. The van der Waals surface area contributed by atoms with Crippen molar-refractivity contribution in [1.29, 1.82) is 0 Å². The second-order valence-electron chi connectivity index (χ2n) is 5.45. The summed E-state index contributed by atoms with van der Waals surface area (Å²) in [6.45, 7) is 3.25. The van der Waals surface area contributed by atoms with Gasteiger partial charge < -0.3 is 14.3 Å². The fourth-order valence-electron chi connectivity index (χ4n) is 2.50. The quantitative estimate of drug-likeness (QED) is 0.832. The van der Waals surface area contributed by atoms with Crippen molar-refractivity contribution in [3.05, 3.63) is 35.9 Å². The van der Waals surface area contributed by atoms with Gasteiger partial charge in [-0.25, -0.2) is 0 Å². The van der Waals surface area contributed by atoms with Crippen LogP contribution in [0.1, 0.15) is 25.8 Å². The lowest BCUT2D eigenvalue weighted by Gasteiger charge is -2.29. The van der Waals surface area contributed by atoms with E-state index in [0.29, 0.717) is 5.56 Å². The van der Waals surface area contributed by atoms with Crippen LogP contribution in [0, 0.1) is 0 Å². The number of hydrogen-bond acceptors (Lipinski definition) is 4. The van der Waals surface area contributed by atoms with E-state index in [4.69, 9.17) is 9.05 Å². The number of benzene rings is 1. The van der Waals surface area contributed by atoms with Gasteiger partial charge in [0.1, 0.15) is 0 Å². The van der Waals surface area contributed by atoms with E-state index in [0.717, 1.165) is 0 Å². The Hall–Kier alpha value is -0.480. The van der Waals surface area contributed by atoms with Crippen LogP contribution in [0.4, 0.5) is 0 Å². The molecular weight excluding hydrogens is 302 g/mol. The van der Waals surface area contributed by atoms with Crippen molar-refractivity contribution in [2.45, 2.75) is 30.8 Å². The van der Waals surface area contributed by atoms with Gasteiger partial charge in [-0.2, -0.15) is 0 Å². The monoisotopic (exact) mass is 320 g/mol. The first-order valence-corrected chi connectivity index (χ1v) is 9.21. The second kappa shape index (κ2) is 4.77. The van der Waals surface area contributed by atoms with Crippen molar-refractivity contribution in [1.82, 2.24) is 0 Å². The number of hydrogen-bond donors (Lipinski definition) is 2. The Balaban J connectivity index is 2.66. The van der Waals surface area contributed by atoms with Gasteiger partial charge in [-0.3, -0.25) is 13.7 Å². The summed E-state index contributed by atoms with van der Waals surface area (Å²) >= 11 is 0. The van der Waals surface area contributed by atoms with Crippen LogP contribution in [-0.2, 0) is 23.5 Å². The van der Waals surface area contributed by atoms with Crippen molar-refractivity contribution < 1.29 is 28.0 Å². The van der Waals surface area contributed by atoms with E-state index < -0.39 is 25.7 Å². The Kier molecular flexibility index (Phi) is 3.79. The topological polar surface area (TPSA) is 93.1 Å².